The minimum atomic E-state index is -0.970. The van der Waals surface area contributed by atoms with Crippen LogP contribution in [0.3, 0.4) is 0 Å². The van der Waals surface area contributed by atoms with Crippen molar-refractivity contribution in [2.24, 2.45) is 0 Å². The largest absolute Gasteiger partial charge is 0.478 e. The molecular weight excluding hydrogens is 318 g/mol. The first kappa shape index (κ1) is 17.2. The number of amides is 1. The SMILES string of the molecule is CCn1cc(C2CCN(C(=O)Cc3cccc(C(=O)O)c3)CC2)cn1. The van der Waals surface area contributed by atoms with E-state index in [1.807, 2.05) is 15.8 Å². The van der Waals surface area contributed by atoms with Gasteiger partial charge in [0.15, 0.2) is 0 Å². The summed E-state index contributed by atoms with van der Waals surface area (Å²) in [6.07, 6.45) is 6.16. The van der Waals surface area contributed by atoms with E-state index in [-0.39, 0.29) is 17.9 Å². The van der Waals surface area contributed by atoms with Gasteiger partial charge in [-0.1, -0.05) is 12.1 Å². The lowest BCUT2D eigenvalue weighted by Crippen LogP contribution is -2.38. The summed E-state index contributed by atoms with van der Waals surface area (Å²) in [5, 5.41) is 13.4. The summed E-state index contributed by atoms with van der Waals surface area (Å²) in [5.41, 5.74) is 2.22. The fourth-order valence-electron chi connectivity index (χ4n) is 3.33. The lowest BCUT2D eigenvalue weighted by Gasteiger charge is -2.31. The van der Waals surface area contributed by atoms with Gasteiger partial charge in [-0.2, -0.15) is 5.10 Å². The van der Waals surface area contributed by atoms with E-state index < -0.39 is 5.97 Å². The van der Waals surface area contributed by atoms with Crippen molar-refractivity contribution < 1.29 is 14.7 Å². The number of carbonyl (C=O) groups is 2. The predicted octanol–water partition coefficient (Wildman–Crippen LogP) is 2.55. The maximum absolute atomic E-state index is 12.5. The number of hydrogen-bond acceptors (Lipinski definition) is 3. The third-order valence-corrected chi connectivity index (χ3v) is 4.83. The van der Waals surface area contributed by atoms with Crippen LogP contribution in [-0.4, -0.2) is 44.8 Å². The molecule has 132 valence electrons. The molecule has 0 unspecified atom stereocenters. The number of carboxylic acids is 1. The Hall–Kier alpha value is -2.63. The third kappa shape index (κ3) is 4.07. The first-order valence-electron chi connectivity index (χ1n) is 8.69. The van der Waals surface area contributed by atoms with Crippen molar-refractivity contribution in [2.45, 2.75) is 38.6 Å². The van der Waals surface area contributed by atoms with Crippen LogP contribution >= 0.6 is 0 Å². The van der Waals surface area contributed by atoms with Gasteiger partial charge in [0, 0.05) is 25.8 Å². The number of piperidine rings is 1. The molecule has 0 atom stereocenters. The monoisotopic (exact) mass is 341 g/mol. The van der Waals surface area contributed by atoms with Crippen LogP contribution < -0.4 is 0 Å². The maximum atomic E-state index is 12.5. The Balaban J connectivity index is 1.56. The molecule has 1 aliphatic rings. The second-order valence-corrected chi connectivity index (χ2v) is 6.47. The van der Waals surface area contributed by atoms with Gasteiger partial charge in [0.25, 0.3) is 0 Å². The summed E-state index contributed by atoms with van der Waals surface area (Å²) < 4.78 is 1.93. The molecule has 1 aromatic carbocycles. The Bertz CT molecular complexity index is 761. The minimum Gasteiger partial charge on any atom is -0.478 e. The average Bonchev–Trinajstić information content (AvgIpc) is 3.11. The molecule has 1 saturated heterocycles. The summed E-state index contributed by atoms with van der Waals surface area (Å²) in [7, 11) is 0. The summed E-state index contributed by atoms with van der Waals surface area (Å²) >= 11 is 0. The van der Waals surface area contributed by atoms with E-state index in [0.29, 0.717) is 5.92 Å². The van der Waals surface area contributed by atoms with Gasteiger partial charge in [-0.3, -0.25) is 9.48 Å². The highest BCUT2D eigenvalue weighted by Crippen LogP contribution is 2.28. The molecule has 0 saturated carbocycles. The molecule has 3 rings (SSSR count). The Morgan fingerprint density at radius 3 is 2.68 bits per heavy atom. The van der Waals surface area contributed by atoms with Gasteiger partial charge in [-0.05, 0) is 48.9 Å². The fourth-order valence-corrected chi connectivity index (χ4v) is 3.33. The number of rotatable bonds is 5. The minimum absolute atomic E-state index is 0.0604. The van der Waals surface area contributed by atoms with Crippen molar-refractivity contribution in [3.05, 3.63) is 53.3 Å². The van der Waals surface area contributed by atoms with Crippen LogP contribution in [0.25, 0.3) is 0 Å². The van der Waals surface area contributed by atoms with Gasteiger partial charge < -0.3 is 10.0 Å². The van der Waals surface area contributed by atoms with Crippen molar-refractivity contribution in [1.82, 2.24) is 14.7 Å². The molecule has 1 aliphatic heterocycles. The van der Waals surface area contributed by atoms with E-state index in [0.717, 1.165) is 38.0 Å². The Morgan fingerprint density at radius 2 is 2.04 bits per heavy atom. The standard InChI is InChI=1S/C19H23N3O3/c1-2-22-13-17(12-20-22)15-6-8-21(9-7-15)18(23)11-14-4-3-5-16(10-14)19(24)25/h3-5,10,12-13,15H,2,6-9,11H2,1H3,(H,24,25). The quantitative estimate of drug-likeness (QED) is 0.907. The van der Waals surface area contributed by atoms with Gasteiger partial charge in [-0.15, -0.1) is 0 Å². The molecule has 0 aliphatic carbocycles. The molecule has 2 heterocycles. The fraction of sp³-hybridized carbons (Fsp3) is 0.421. The van der Waals surface area contributed by atoms with E-state index in [1.54, 1.807) is 18.2 Å². The van der Waals surface area contributed by atoms with Gasteiger partial charge in [0.1, 0.15) is 0 Å². The first-order valence-corrected chi connectivity index (χ1v) is 8.69. The van der Waals surface area contributed by atoms with Crippen LogP contribution in [0.1, 0.15) is 47.2 Å². The zero-order chi connectivity index (χ0) is 17.8. The predicted molar refractivity (Wildman–Crippen MR) is 93.6 cm³/mol. The maximum Gasteiger partial charge on any atom is 0.335 e. The third-order valence-electron chi connectivity index (χ3n) is 4.83. The smallest absolute Gasteiger partial charge is 0.335 e. The number of nitrogens with zero attached hydrogens (tertiary/aromatic N) is 3. The molecule has 6 heteroatoms. The summed E-state index contributed by atoms with van der Waals surface area (Å²) in [4.78, 5) is 25.4. The Labute approximate surface area is 147 Å². The molecule has 1 aromatic heterocycles. The number of carbonyl (C=O) groups excluding carboxylic acids is 1. The van der Waals surface area contributed by atoms with Crippen molar-refractivity contribution >= 4 is 11.9 Å². The highest BCUT2D eigenvalue weighted by molar-refractivity contribution is 5.88. The molecular formula is C19H23N3O3. The van der Waals surface area contributed by atoms with E-state index in [4.69, 9.17) is 5.11 Å². The number of aryl methyl sites for hydroxylation is 1. The first-order chi connectivity index (χ1) is 12.1. The Morgan fingerprint density at radius 1 is 1.28 bits per heavy atom. The molecule has 0 spiro atoms. The normalized spacial score (nSPS) is 15.3. The second-order valence-electron chi connectivity index (χ2n) is 6.47. The lowest BCUT2D eigenvalue weighted by molar-refractivity contribution is -0.131. The molecule has 1 fully saturated rings. The molecule has 0 bridgehead atoms. The van der Waals surface area contributed by atoms with Crippen LogP contribution in [0.5, 0.6) is 0 Å². The van der Waals surface area contributed by atoms with Crippen LogP contribution in [0.2, 0.25) is 0 Å². The highest BCUT2D eigenvalue weighted by Gasteiger charge is 2.24. The molecule has 6 nitrogen and oxygen atoms in total. The zero-order valence-corrected chi connectivity index (χ0v) is 14.4. The highest BCUT2D eigenvalue weighted by atomic mass is 16.4. The van der Waals surface area contributed by atoms with E-state index in [2.05, 4.69) is 18.2 Å². The molecule has 0 radical (unpaired) electrons. The van der Waals surface area contributed by atoms with Crippen molar-refractivity contribution in [3.63, 3.8) is 0 Å². The number of benzene rings is 1. The Kier molecular flexibility index (Phi) is 5.16. The van der Waals surface area contributed by atoms with Crippen LogP contribution in [-0.2, 0) is 17.8 Å². The molecule has 1 N–H and O–H groups in total. The van der Waals surface area contributed by atoms with Crippen molar-refractivity contribution in [2.75, 3.05) is 13.1 Å². The van der Waals surface area contributed by atoms with Crippen molar-refractivity contribution in [3.8, 4) is 0 Å². The molecule has 1 amide bonds. The number of aromatic carboxylic acids is 1. The van der Waals surface area contributed by atoms with E-state index in [9.17, 15) is 9.59 Å². The second kappa shape index (κ2) is 7.51. The number of aromatic nitrogens is 2. The average molecular weight is 341 g/mol. The molecule has 25 heavy (non-hydrogen) atoms. The van der Waals surface area contributed by atoms with Gasteiger partial charge in [0.2, 0.25) is 5.91 Å². The van der Waals surface area contributed by atoms with Crippen molar-refractivity contribution in [1.29, 1.82) is 0 Å². The zero-order valence-electron chi connectivity index (χ0n) is 14.4. The summed E-state index contributed by atoms with van der Waals surface area (Å²) in [6.45, 7) is 4.41. The lowest BCUT2D eigenvalue weighted by atomic mass is 9.91. The van der Waals surface area contributed by atoms with Gasteiger partial charge in [0.05, 0.1) is 18.2 Å². The summed E-state index contributed by atoms with van der Waals surface area (Å²) in [6, 6.07) is 6.60. The van der Waals surface area contributed by atoms with E-state index in [1.165, 1.54) is 11.6 Å². The molecule has 2 aromatic rings. The van der Waals surface area contributed by atoms with Gasteiger partial charge >= 0.3 is 5.97 Å². The van der Waals surface area contributed by atoms with Crippen LogP contribution in [0.15, 0.2) is 36.7 Å². The number of likely N-dealkylation sites (tertiary alicyclic amines) is 1. The van der Waals surface area contributed by atoms with Crippen LogP contribution in [0, 0.1) is 0 Å². The number of carboxylic acid groups (broad SMARTS) is 1. The van der Waals surface area contributed by atoms with E-state index >= 15 is 0 Å². The number of hydrogen-bond donors (Lipinski definition) is 1. The van der Waals surface area contributed by atoms with Gasteiger partial charge in [-0.25, -0.2) is 4.79 Å². The van der Waals surface area contributed by atoms with Crippen LogP contribution in [0.4, 0.5) is 0 Å². The topological polar surface area (TPSA) is 75.4 Å². The summed E-state index contributed by atoms with van der Waals surface area (Å²) in [5.74, 6) is -0.451.